The van der Waals surface area contributed by atoms with E-state index in [1.807, 2.05) is 29.2 Å². The van der Waals surface area contributed by atoms with Crippen LogP contribution in [0, 0.1) is 5.92 Å². The van der Waals surface area contributed by atoms with Crippen LogP contribution in [0.5, 0.6) is 5.75 Å². The van der Waals surface area contributed by atoms with Gasteiger partial charge in [0.15, 0.2) is 0 Å². The number of nitrogens with zero attached hydrogens (tertiary/aromatic N) is 2. The van der Waals surface area contributed by atoms with E-state index in [4.69, 9.17) is 9.47 Å². The molecule has 2 unspecified atom stereocenters. The third kappa shape index (κ3) is 3.03. The van der Waals surface area contributed by atoms with Crippen LogP contribution in [-0.4, -0.2) is 30.1 Å². The number of para-hydroxylation sites is 1. The van der Waals surface area contributed by atoms with Gasteiger partial charge in [-0.15, -0.1) is 0 Å². The zero-order valence-corrected chi connectivity index (χ0v) is 12.5. The second kappa shape index (κ2) is 6.18. The Morgan fingerprint density at radius 1 is 1.43 bits per heavy atom. The number of hydrogen-bond acceptors (Lipinski definition) is 4. The zero-order valence-electron chi connectivity index (χ0n) is 12.5. The molecule has 0 radical (unpaired) electrons. The normalized spacial score (nSPS) is 20.7. The van der Waals surface area contributed by atoms with Crippen molar-refractivity contribution in [1.29, 1.82) is 0 Å². The molecule has 5 heteroatoms. The summed E-state index contributed by atoms with van der Waals surface area (Å²) in [6.45, 7) is 4.35. The van der Waals surface area contributed by atoms with E-state index in [-0.39, 0.29) is 6.04 Å². The number of fused-ring (bicyclic) bond motifs is 1. The average Bonchev–Trinajstić information content (AvgIpc) is 2.96. The van der Waals surface area contributed by atoms with Crippen molar-refractivity contribution < 1.29 is 9.47 Å². The van der Waals surface area contributed by atoms with Crippen molar-refractivity contribution in [2.24, 2.45) is 5.92 Å². The summed E-state index contributed by atoms with van der Waals surface area (Å²) in [5.74, 6) is 1.38. The molecule has 0 saturated heterocycles. The minimum Gasteiger partial charge on any atom is -0.493 e. The molecule has 2 heterocycles. The van der Waals surface area contributed by atoms with Gasteiger partial charge < -0.3 is 14.8 Å². The molecule has 2 atom stereocenters. The molecular formula is C16H21N3O2. The van der Waals surface area contributed by atoms with Crippen molar-refractivity contribution in [3.63, 3.8) is 0 Å². The van der Waals surface area contributed by atoms with Gasteiger partial charge >= 0.3 is 0 Å². The van der Waals surface area contributed by atoms with E-state index in [9.17, 15) is 0 Å². The van der Waals surface area contributed by atoms with Gasteiger partial charge in [-0.3, -0.25) is 4.68 Å². The molecule has 1 aliphatic rings. The molecule has 21 heavy (non-hydrogen) atoms. The van der Waals surface area contributed by atoms with E-state index in [2.05, 4.69) is 29.5 Å². The number of aromatic nitrogens is 2. The predicted molar refractivity (Wildman–Crippen MR) is 81.6 cm³/mol. The molecule has 1 aromatic heterocycles. The fourth-order valence-corrected chi connectivity index (χ4v) is 2.64. The Labute approximate surface area is 124 Å². The third-order valence-corrected chi connectivity index (χ3v) is 3.80. The Bertz CT molecular complexity index is 597. The Balaban J connectivity index is 1.76. The van der Waals surface area contributed by atoms with Crippen LogP contribution in [0.3, 0.4) is 0 Å². The highest BCUT2D eigenvalue weighted by atomic mass is 16.5. The Hall–Kier alpha value is -2.01. The monoisotopic (exact) mass is 287 g/mol. The van der Waals surface area contributed by atoms with Crippen molar-refractivity contribution >= 4 is 5.69 Å². The lowest BCUT2D eigenvalue weighted by molar-refractivity contribution is 0.183. The van der Waals surface area contributed by atoms with Crippen molar-refractivity contribution in [2.45, 2.75) is 19.5 Å². The highest BCUT2D eigenvalue weighted by Crippen LogP contribution is 2.37. The largest absolute Gasteiger partial charge is 0.493 e. The second-order valence-corrected chi connectivity index (χ2v) is 5.43. The lowest BCUT2D eigenvalue weighted by Gasteiger charge is -2.32. The minimum absolute atomic E-state index is 0.245. The molecule has 1 N–H and O–H groups in total. The van der Waals surface area contributed by atoms with Crippen LogP contribution < -0.4 is 10.1 Å². The van der Waals surface area contributed by atoms with E-state index in [1.165, 1.54) is 5.56 Å². The molecular weight excluding hydrogens is 266 g/mol. The maximum atomic E-state index is 5.78. The van der Waals surface area contributed by atoms with Gasteiger partial charge in [0.05, 0.1) is 37.7 Å². The standard InChI is InChI=1S/C16H21N3O2/c1-12-11-21-15-6-4-3-5-14(15)16(12)18-13-9-17-19(10-13)7-8-20-2/h3-6,9-10,12,16,18H,7-8,11H2,1-2H3. The summed E-state index contributed by atoms with van der Waals surface area (Å²) < 4.78 is 12.7. The number of rotatable bonds is 5. The number of hydrogen-bond donors (Lipinski definition) is 1. The van der Waals surface area contributed by atoms with Crippen molar-refractivity contribution in [1.82, 2.24) is 9.78 Å². The van der Waals surface area contributed by atoms with Crippen LogP contribution in [0.2, 0.25) is 0 Å². The smallest absolute Gasteiger partial charge is 0.124 e. The summed E-state index contributed by atoms with van der Waals surface area (Å²) >= 11 is 0. The van der Waals surface area contributed by atoms with Crippen LogP contribution in [0.25, 0.3) is 0 Å². The van der Waals surface area contributed by atoms with Crippen LogP contribution in [0.4, 0.5) is 5.69 Å². The molecule has 0 amide bonds. The fraction of sp³-hybridized carbons (Fsp3) is 0.438. The maximum Gasteiger partial charge on any atom is 0.124 e. The topological polar surface area (TPSA) is 48.3 Å². The van der Waals surface area contributed by atoms with Crippen molar-refractivity contribution in [3.8, 4) is 5.75 Å². The molecule has 5 nitrogen and oxygen atoms in total. The average molecular weight is 287 g/mol. The molecule has 0 bridgehead atoms. The summed E-state index contributed by atoms with van der Waals surface area (Å²) in [6, 6.07) is 8.46. The molecule has 0 aliphatic carbocycles. The van der Waals surface area contributed by atoms with E-state index < -0.39 is 0 Å². The zero-order chi connectivity index (χ0) is 14.7. The first kappa shape index (κ1) is 13.9. The minimum atomic E-state index is 0.245. The molecule has 0 saturated carbocycles. The van der Waals surface area contributed by atoms with Crippen LogP contribution in [0.1, 0.15) is 18.5 Å². The van der Waals surface area contributed by atoms with Gasteiger partial charge in [0.2, 0.25) is 0 Å². The highest BCUT2D eigenvalue weighted by molar-refractivity contribution is 5.46. The Morgan fingerprint density at radius 3 is 3.14 bits per heavy atom. The quantitative estimate of drug-likeness (QED) is 0.918. The molecule has 0 spiro atoms. The van der Waals surface area contributed by atoms with Crippen LogP contribution >= 0.6 is 0 Å². The maximum absolute atomic E-state index is 5.78. The van der Waals surface area contributed by atoms with E-state index >= 15 is 0 Å². The van der Waals surface area contributed by atoms with Crippen LogP contribution in [0.15, 0.2) is 36.7 Å². The first-order valence-corrected chi connectivity index (χ1v) is 7.27. The third-order valence-electron chi connectivity index (χ3n) is 3.80. The number of methoxy groups -OCH3 is 1. The van der Waals surface area contributed by atoms with Gasteiger partial charge in [-0.25, -0.2) is 0 Å². The molecule has 3 rings (SSSR count). The second-order valence-electron chi connectivity index (χ2n) is 5.43. The van der Waals surface area contributed by atoms with E-state index in [0.717, 1.165) is 24.6 Å². The number of nitrogens with one attached hydrogen (secondary N) is 1. The molecule has 2 aromatic rings. The Kier molecular flexibility index (Phi) is 4.10. The van der Waals surface area contributed by atoms with Crippen molar-refractivity contribution in [3.05, 3.63) is 42.2 Å². The summed E-state index contributed by atoms with van der Waals surface area (Å²) in [6.07, 6.45) is 3.88. The molecule has 0 fully saturated rings. The van der Waals surface area contributed by atoms with Gasteiger partial charge in [-0.05, 0) is 6.07 Å². The number of benzene rings is 1. The molecule has 1 aliphatic heterocycles. The van der Waals surface area contributed by atoms with Gasteiger partial charge in [0.1, 0.15) is 5.75 Å². The summed E-state index contributed by atoms with van der Waals surface area (Å²) in [7, 11) is 1.70. The van der Waals surface area contributed by atoms with Gasteiger partial charge in [0.25, 0.3) is 0 Å². The van der Waals surface area contributed by atoms with Gasteiger partial charge in [-0.1, -0.05) is 25.1 Å². The van der Waals surface area contributed by atoms with E-state index in [1.54, 1.807) is 7.11 Å². The summed E-state index contributed by atoms with van der Waals surface area (Å²) in [5, 5.41) is 7.92. The summed E-state index contributed by atoms with van der Waals surface area (Å²) in [4.78, 5) is 0. The Morgan fingerprint density at radius 2 is 2.29 bits per heavy atom. The SMILES string of the molecule is COCCn1cc(NC2c3ccccc3OCC2C)cn1. The summed E-state index contributed by atoms with van der Waals surface area (Å²) in [5.41, 5.74) is 2.24. The number of ether oxygens (including phenoxy) is 2. The molecule has 112 valence electrons. The highest BCUT2D eigenvalue weighted by Gasteiger charge is 2.27. The van der Waals surface area contributed by atoms with Gasteiger partial charge in [0, 0.05) is 24.8 Å². The van der Waals surface area contributed by atoms with Crippen LogP contribution in [-0.2, 0) is 11.3 Å². The van der Waals surface area contributed by atoms with E-state index in [0.29, 0.717) is 12.5 Å². The first-order chi connectivity index (χ1) is 10.3. The lowest BCUT2D eigenvalue weighted by atomic mass is 9.92. The fourth-order valence-electron chi connectivity index (χ4n) is 2.64. The first-order valence-electron chi connectivity index (χ1n) is 7.27. The lowest BCUT2D eigenvalue weighted by Crippen LogP contribution is -2.28. The number of anilines is 1. The van der Waals surface area contributed by atoms with Gasteiger partial charge in [-0.2, -0.15) is 5.10 Å². The predicted octanol–water partition coefficient (Wildman–Crippen LogP) is 2.71. The van der Waals surface area contributed by atoms with Crippen molar-refractivity contribution in [2.75, 3.05) is 25.6 Å². The molecule has 1 aromatic carbocycles.